The lowest BCUT2D eigenvalue weighted by Crippen LogP contribution is -2.32. The maximum absolute atomic E-state index is 11.1. The van der Waals surface area contributed by atoms with Gasteiger partial charge in [-0.05, 0) is 6.42 Å². The highest BCUT2D eigenvalue weighted by Crippen LogP contribution is 2.02. The van der Waals surface area contributed by atoms with Gasteiger partial charge in [0.05, 0.1) is 6.61 Å². The van der Waals surface area contributed by atoms with E-state index < -0.39 is 5.91 Å². The number of carbonyl (C=O) groups is 2. The molecule has 0 radical (unpaired) electrons. The van der Waals surface area contributed by atoms with Crippen molar-refractivity contribution in [1.29, 1.82) is 0 Å². The van der Waals surface area contributed by atoms with E-state index in [4.69, 9.17) is 5.11 Å². The number of nitrogens with one attached hydrogen (secondary N) is 1. The van der Waals surface area contributed by atoms with Gasteiger partial charge in [0.1, 0.15) is 0 Å². The van der Waals surface area contributed by atoms with Crippen molar-refractivity contribution < 1.29 is 14.7 Å². The maximum atomic E-state index is 11.1. The van der Waals surface area contributed by atoms with Crippen LogP contribution in [0.4, 0.5) is 0 Å². The van der Waals surface area contributed by atoms with Crippen molar-refractivity contribution in [2.24, 2.45) is 0 Å². The van der Waals surface area contributed by atoms with Crippen LogP contribution in [0.25, 0.3) is 0 Å². The molecule has 14 heavy (non-hydrogen) atoms. The maximum Gasteiger partial charge on any atom is 0.287 e. The lowest BCUT2D eigenvalue weighted by molar-refractivity contribution is -0.138. The van der Waals surface area contributed by atoms with Crippen LogP contribution in [0.1, 0.15) is 39.0 Å². The van der Waals surface area contributed by atoms with Crippen molar-refractivity contribution >= 4 is 11.7 Å². The number of aliphatic hydroxyl groups is 1. The van der Waals surface area contributed by atoms with Crippen LogP contribution in [-0.4, -0.2) is 29.9 Å². The number of unbranched alkanes of at least 4 members (excludes halogenated alkanes) is 3. The van der Waals surface area contributed by atoms with E-state index in [0.717, 1.165) is 25.7 Å². The summed E-state index contributed by atoms with van der Waals surface area (Å²) in [6.45, 7) is 2.12. The van der Waals surface area contributed by atoms with E-state index in [2.05, 4.69) is 12.2 Å². The van der Waals surface area contributed by atoms with E-state index in [-0.39, 0.29) is 18.9 Å². The highest BCUT2D eigenvalue weighted by molar-refractivity contribution is 6.36. The molecular weight excluding hydrogens is 182 g/mol. The van der Waals surface area contributed by atoms with E-state index >= 15 is 0 Å². The van der Waals surface area contributed by atoms with Crippen molar-refractivity contribution in [1.82, 2.24) is 5.32 Å². The number of hydrogen-bond acceptors (Lipinski definition) is 3. The summed E-state index contributed by atoms with van der Waals surface area (Å²) in [6.07, 6.45) is 4.31. The highest BCUT2D eigenvalue weighted by atomic mass is 16.3. The molecular formula is C10H19NO3. The Kier molecular flexibility index (Phi) is 8.13. The third kappa shape index (κ3) is 6.60. The summed E-state index contributed by atoms with van der Waals surface area (Å²) < 4.78 is 0. The lowest BCUT2D eigenvalue weighted by atomic mass is 10.1. The number of amides is 1. The molecule has 0 fully saturated rings. The van der Waals surface area contributed by atoms with Crippen LogP contribution in [-0.2, 0) is 9.59 Å². The molecule has 0 unspecified atom stereocenters. The number of carbonyl (C=O) groups excluding carboxylic acids is 2. The first-order chi connectivity index (χ1) is 6.72. The second kappa shape index (κ2) is 8.69. The molecule has 0 saturated heterocycles. The van der Waals surface area contributed by atoms with E-state index in [1.165, 1.54) is 0 Å². The molecule has 0 saturated carbocycles. The number of rotatable bonds is 8. The molecule has 0 aromatic rings. The van der Waals surface area contributed by atoms with Crippen molar-refractivity contribution in [2.75, 3.05) is 13.2 Å². The Morgan fingerprint density at radius 1 is 1.21 bits per heavy atom. The SMILES string of the molecule is CCCCCCC(=O)C(=O)NCCO. The molecule has 2 N–H and O–H groups in total. The number of ketones is 1. The second-order valence-electron chi connectivity index (χ2n) is 3.21. The van der Waals surface area contributed by atoms with Gasteiger partial charge in [0.2, 0.25) is 5.78 Å². The van der Waals surface area contributed by atoms with Crippen LogP contribution in [0.15, 0.2) is 0 Å². The second-order valence-corrected chi connectivity index (χ2v) is 3.21. The minimum atomic E-state index is -0.574. The van der Waals surface area contributed by atoms with Gasteiger partial charge in [0, 0.05) is 13.0 Å². The fourth-order valence-electron chi connectivity index (χ4n) is 1.09. The molecule has 0 aliphatic rings. The smallest absolute Gasteiger partial charge is 0.287 e. The average molecular weight is 201 g/mol. The van der Waals surface area contributed by atoms with E-state index in [1.807, 2.05) is 0 Å². The van der Waals surface area contributed by atoms with Gasteiger partial charge < -0.3 is 10.4 Å². The third-order valence-corrected chi connectivity index (χ3v) is 1.91. The van der Waals surface area contributed by atoms with Crippen molar-refractivity contribution in [3.8, 4) is 0 Å². The molecule has 4 nitrogen and oxygen atoms in total. The first kappa shape index (κ1) is 13.1. The van der Waals surface area contributed by atoms with Crippen molar-refractivity contribution in [3.63, 3.8) is 0 Å². The average Bonchev–Trinajstić information content (AvgIpc) is 2.20. The van der Waals surface area contributed by atoms with Crippen LogP contribution in [0.3, 0.4) is 0 Å². The third-order valence-electron chi connectivity index (χ3n) is 1.91. The van der Waals surface area contributed by atoms with Crippen molar-refractivity contribution in [2.45, 2.75) is 39.0 Å². The zero-order valence-corrected chi connectivity index (χ0v) is 8.71. The quantitative estimate of drug-likeness (QED) is 0.447. The Bertz CT molecular complexity index is 180. The molecule has 0 aliphatic heterocycles. The molecule has 0 spiro atoms. The Morgan fingerprint density at radius 3 is 2.50 bits per heavy atom. The van der Waals surface area contributed by atoms with Crippen LogP contribution in [0, 0.1) is 0 Å². The van der Waals surface area contributed by atoms with Gasteiger partial charge in [-0.25, -0.2) is 0 Å². The zero-order valence-electron chi connectivity index (χ0n) is 8.71. The van der Waals surface area contributed by atoms with Crippen LogP contribution < -0.4 is 5.32 Å². The predicted octanol–water partition coefficient (Wildman–Crippen LogP) is 0.634. The first-order valence-corrected chi connectivity index (χ1v) is 5.14. The molecule has 0 bridgehead atoms. The standard InChI is InChI=1S/C10H19NO3/c1-2-3-4-5-6-9(13)10(14)11-7-8-12/h12H,2-8H2,1H3,(H,11,14). The Hall–Kier alpha value is -0.900. The minimum Gasteiger partial charge on any atom is -0.395 e. The molecule has 0 heterocycles. The summed E-state index contributed by atoms with van der Waals surface area (Å²) in [5, 5.41) is 10.8. The zero-order chi connectivity index (χ0) is 10.8. The summed E-state index contributed by atoms with van der Waals surface area (Å²) in [7, 11) is 0. The van der Waals surface area contributed by atoms with Gasteiger partial charge in [0.25, 0.3) is 5.91 Å². The van der Waals surface area contributed by atoms with Gasteiger partial charge in [-0.2, -0.15) is 0 Å². The molecule has 0 atom stereocenters. The number of hydrogen-bond donors (Lipinski definition) is 2. The molecule has 0 aliphatic carbocycles. The minimum absolute atomic E-state index is 0.130. The Labute approximate surface area is 84.7 Å². The van der Waals surface area contributed by atoms with Gasteiger partial charge in [-0.15, -0.1) is 0 Å². The van der Waals surface area contributed by atoms with Crippen molar-refractivity contribution in [3.05, 3.63) is 0 Å². The monoisotopic (exact) mass is 201 g/mol. The lowest BCUT2D eigenvalue weighted by Gasteiger charge is -2.01. The summed E-state index contributed by atoms with van der Waals surface area (Å²) >= 11 is 0. The number of Topliss-reactive ketones (excluding diaryl/α,β-unsaturated/α-hetero) is 1. The highest BCUT2D eigenvalue weighted by Gasteiger charge is 2.11. The summed E-state index contributed by atoms with van der Waals surface area (Å²) in [6, 6.07) is 0. The van der Waals surface area contributed by atoms with Crippen LogP contribution in [0.2, 0.25) is 0 Å². The van der Waals surface area contributed by atoms with Crippen LogP contribution in [0.5, 0.6) is 0 Å². The molecule has 1 amide bonds. The molecule has 4 heteroatoms. The fourth-order valence-corrected chi connectivity index (χ4v) is 1.09. The molecule has 0 aromatic carbocycles. The van der Waals surface area contributed by atoms with Gasteiger partial charge in [-0.3, -0.25) is 9.59 Å². The summed E-state index contributed by atoms with van der Waals surface area (Å²) in [5.41, 5.74) is 0. The Balaban J connectivity index is 3.47. The van der Waals surface area contributed by atoms with Gasteiger partial charge in [0.15, 0.2) is 0 Å². The first-order valence-electron chi connectivity index (χ1n) is 5.14. The van der Waals surface area contributed by atoms with Gasteiger partial charge >= 0.3 is 0 Å². The predicted molar refractivity (Wildman–Crippen MR) is 53.9 cm³/mol. The topological polar surface area (TPSA) is 66.4 Å². The molecule has 0 aromatic heterocycles. The normalized spacial score (nSPS) is 9.86. The van der Waals surface area contributed by atoms with E-state index in [1.54, 1.807) is 0 Å². The molecule has 82 valence electrons. The van der Waals surface area contributed by atoms with E-state index in [0.29, 0.717) is 6.42 Å². The fraction of sp³-hybridized carbons (Fsp3) is 0.800. The summed E-state index contributed by atoms with van der Waals surface area (Å²) in [4.78, 5) is 22.1. The summed E-state index contributed by atoms with van der Waals surface area (Å²) in [5.74, 6) is -0.954. The van der Waals surface area contributed by atoms with E-state index in [9.17, 15) is 9.59 Å². The molecule has 0 rings (SSSR count). The largest absolute Gasteiger partial charge is 0.395 e. The number of aliphatic hydroxyl groups excluding tert-OH is 1. The van der Waals surface area contributed by atoms with Gasteiger partial charge in [-0.1, -0.05) is 26.2 Å². The van der Waals surface area contributed by atoms with Crippen LogP contribution >= 0.6 is 0 Å². The Morgan fingerprint density at radius 2 is 1.93 bits per heavy atom.